The van der Waals surface area contributed by atoms with Gasteiger partial charge in [-0.3, -0.25) is 9.69 Å². The predicted octanol–water partition coefficient (Wildman–Crippen LogP) is 0.229. The van der Waals surface area contributed by atoms with E-state index in [1.165, 1.54) is 0 Å². The number of fused-ring (bicyclic) bond motifs is 1. The lowest BCUT2D eigenvalue weighted by molar-refractivity contribution is -0.131. The first-order chi connectivity index (χ1) is 12.2. The van der Waals surface area contributed by atoms with E-state index in [2.05, 4.69) is 10.3 Å². The molecule has 0 radical (unpaired) electrons. The molecule has 3 rings (SSSR count). The van der Waals surface area contributed by atoms with Crippen LogP contribution in [0.3, 0.4) is 0 Å². The molecule has 2 aromatic rings. The summed E-state index contributed by atoms with van der Waals surface area (Å²) >= 11 is 0. The van der Waals surface area contributed by atoms with Gasteiger partial charge < -0.3 is 15.1 Å². The van der Waals surface area contributed by atoms with Gasteiger partial charge in [0.2, 0.25) is 5.91 Å². The Morgan fingerprint density at radius 3 is 2.60 bits per heavy atom. The predicted molar refractivity (Wildman–Crippen MR) is 92.7 cm³/mol. The minimum absolute atomic E-state index is 0.0412. The zero-order valence-corrected chi connectivity index (χ0v) is 14.3. The van der Waals surface area contributed by atoms with Gasteiger partial charge in [0.1, 0.15) is 11.7 Å². The number of aliphatic hydroxyl groups is 2. The van der Waals surface area contributed by atoms with Crippen LogP contribution in [0.25, 0.3) is 11.0 Å². The van der Waals surface area contributed by atoms with E-state index in [0.29, 0.717) is 32.5 Å². The van der Waals surface area contributed by atoms with Crippen LogP contribution in [0.15, 0.2) is 24.3 Å². The summed E-state index contributed by atoms with van der Waals surface area (Å²) in [6.07, 6.45) is 1.89. The Hall–Kier alpha value is -2.03. The molecule has 1 amide bonds. The Morgan fingerprint density at radius 1 is 1.16 bits per heavy atom. The molecule has 1 fully saturated rings. The Labute approximate surface area is 146 Å². The monoisotopic (exact) mass is 347 g/mol. The van der Waals surface area contributed by atoms with Crippen LogP contribution in [0.4, 0.5) is 0 Å². The average molecular weight is 347 g/mol. The standard InChI is InChI=1S/C17H25N5O3/c23-12-10-20(11-13-24)9-7-16(21-8-3-6-17(21)25)22-15-5-2-1-4-14(15)18-19-22/h1-2,4-5,16,23-24H,3,6-13H2. The highest BCUT2D eigenvalue weighted by Gasteiger charge is 2.30. The second kappa shape index (κ2) is 8.37. The average Bonchev–Trinajstić information content (AvgIpc) is 3.23. The first-order valence-electron chi connectivity index (χ1n) is 8.78. The molecule has 8 nitrogen and oxygen atoms in total. The van der Waals surface area contributed by atoms with Gasteiger partial charge in [0.25, 0.3) is 0 Å². The molecule has 8 heteroatoms. The quantitative estimate of drug-likeness (QED) is 0.674. The van der Waals surface area contributed by atoms with Crippen molar-refractivity contribution in [2.75, 3.05) is 39.4 Å². The molecule has 1 aromatic carbocycles. The summed E-state index contributed by atoms with van der Waals surface area (Å²) in [5, 5.41) is 26.9. The van der Waals surface area contributed by atoms with Crippen molar-refractivity contribution in [1.29, 1.82) is 0 Å². The van der Waals surface area contributed by atoms with E-state index in [9.17, 15) is 15.0 Å². The Kier molecular flexibility index (Phi) is 5.95. The van der Waals surface area contributed by atoms with Crippen molar-refractivity contribution in [3.8, 4) is 0 Å². The minimum atomic E-state index is -0.206. The molecule has 25 heavy (non-hydrogen) atoms. The van der Waals surface area contributed by atoms with Crippen LogP contribution in [-0.4, -0.2) is 80.3 Å². The normalized spacial score (nSPS) is 16.3. The van der Waals surface area contributed by atoms with Gasteiger partial charge in [-0.15, -0.1) is 5.10 Å². The lowest BCUT2D eigenvalue weighted by Gasteiger charge is -2.30. The summed E-state index contributed by atoms with van der Waals surface area (Å²) in [4.78, 5) is 16.2. The van der Waals surface area contributed by atoms with Crippen molar-refractivity contribution in [3.63, 3.8) is 0 Å². The smallest absolute Gasteiger partial charge is 0.224 e. The maximum atomic E-state index is 12.3. The highest BCUT2D eigenvalue weighted by molar-refractivity contribution is 5.79. The highest BCUT2D eigenvalue weighted by atomic mass is 16.3. The van der Waals surface area contributed by atoms with Crippen molar-refractivity contribution in [1.82, 2.24) is 24.8 Å². The molecular formula is C17H25N5O3. The number of hydrogen-bond acceptors (Lipinski definition) is 6. The van der Waals surface area contributed by atoms with E-state index in [0.717, 1.165) is 24.0 Å². The summed E-state index contributed by atoms with van der Waals surface area (Å²) in [5.74, 6) is 0.139. The highest BCUT2D eigenvalue weighted by Crippen LogP contribution is 2.26. The van der Waals surface area contributed by atoms with Crippen molar-refractivity contribution < 1.29 is 15.0 Å². The lowest BCUT2D eigenvalue weighted by Crippen LogP contribution is -2.38. The maximum absolute atomic E-state index is 12.3. The van der Waals surface area contributed by atoms with Gasteiger partial charge in [-0.05, 0) is 18.6 Å². The molecule has 1 unspecified atom stereocenters. The van der Waals surface area contributed by atoms with Crippen LogP contribution < -0.4 is 0 Å². The molecular weight excluding hydrogens is 322 g/mol. The summed E-state index contributed by atoms with van der Waals surface area (Å²) in [5.41, 5.74) is 1.71. The second-order valence-electron chi connectivity index (χ2n) is 6.27. The Bertz CT molecular complexity index is 698. The SMILES string of the molecule is O=C1CCCN1C(CCN(CCO)CCO)n1nnc2ccccc21. The van der Waals surface area contributed by atoms with Crippen LogP contribution >= 0.6 is 0 Å². The molecule has 1 aliphatic heterocycles. The number of carbonyl (C=O) groups excluding carboxylic acids is 1. The molecule has 136 valence electrons. The molecule has 1 aliphatic rings. The number of nitrogens with zero attached hydrogens (tertiary/aromatic N) is 5. The fourth-order valence-electron chi connectivity index (χ4n) is 3.42. The number of benzene rings is 1. The van der Waals surface area contributed by atoms with Gasteiger partial charge in [0, 0.05) is 39.0 Å². The molecule has 0 bridgehead atoms. The molecule has 0 aliphatic carbocycles. The third-order valence-corrected chi connectivity index (χ3v) is 4.67. The van der Waals surface area contributed by atoms with E-state index in [4.69, 9.17) is 0 Å². The Morgan fingerprint density at radius 2 is 1.92 bits per heavy atom. The van der Waals surface area contributed by atoms with Crippen molar-refractivity contribution in [3.05, 3.63) is 24.3 Å². The number of hydrogen-bond donors (Lipinski definition) is 2. The van der Waals surface area contributed by atoms with Crippen LogP contribution in [0.5, 0.6) is 0 Å². The largest absolute Gasteiger partial charge is 0.395 e. The first-order valence-corrected chi connectivity index (χ1v) is 8.78. The van der Waals surface area contributed by atoms with Crippen molar-refractivity contribution >= 4 is 16.9 Å². The molecule has 0 spiro atoms. The Balaban J connectivity index is 1.84. The van der Waals surface area contributed by atoms with Crippen LogP contribution in [0.2, 0.25) is 0 Å². The number of aliphatic hydroxyl groups excluding tert-OH is 2. The summed E-state index contributed by atoms with van der Waals surface area (Å²) in [7, 11) is 0. The molecule has 1 saturated heterocycles. The number of likely N-dealkylation sites (tertiary alicyclic amines) is 1. The third-order valence-electron chi connectivity index (χ3n) is 4.67. The number of para-hydroxylation sites is 1. The maximum Gasteiger partial charge on any atom is 0.224 e. The lowest BCUT2D eigenvalue weighted by atomic mass is 10.2. The summed E-state index contributed by atoms with van der Waals surface area (Å²) in [6, 6.07) is 7.73. The van der Waals surface area contributed by atoms with Crippen LogP contribution in [-0.2, 0) is 4.79 Å². The number of aromatic nitrogens is 3. The topological polar surface area (TPSA) is 94.7 Å². The molecule has 0 saturated carbocycles. The van der Waals surface area contributed by atoms with Gasteiger partial charge in [-0.2, -0.15) is 0 Å². The zero-order valence-electron chi connectivity index (χ0n) is 14.3. The van der Waals surface area contributed by atoms with Gasteiger partial charge in [0.15, 0.2) is 0 Å². The third kappa shape index (κ3) is 3.97. The number of carbonyl (C=O) groups is 1. The molecule has 1 aromatic heterocycles. The zero-order chi connectivity index (χ0) is 17.6. The molecule has 2 N–H and O–H groups in total. The summed E-state index contributed by atoms with van der Waals surface area (Å²) in [6.45, 7) is 2.46. The van der Waals surface area contributed by atoms with E-state index in [1.54, 1.807) is 0 Å². The summed E-state index contributed by atoms with van der Waals surface area (Å²) < 4.78 is 1.83. The van der Waals surface area contributed by atoms with Gasteiger partial charge in [-0.25, -0.2) is 4.68 Å². The van der Waals surface area contributed by atoms with Gasteiger partial charge >= 0.3 is 0 Å². The molecule has 1 atom stereocenters. The van der Waals surface area contributed by atoms with E-state index >= 15 is 0 Å². The van der Waals surface area contributed by atoms with E-state index < -0.39 is 0 Å². The van der Waals surface area contributed by atoms with Crippen LogP contribution in [0, 0.1) is 0 Å². The van der Waals surface area contributed by atoms with E-state index in [-0.39, 0.29) is 25.3 Å². The second-order valence-corrected chi connectivity index (χ2v) is 6.27. The van der Waals surface area contributed by atoms with Gasteiger partial charge in [0.05, 0.1) is 18.7 Å². The fourth-order valence-corrected chi connectivity index (χ4v) is 3.42. The first kappa shape index (κ1) is 17.8. The molecule has 2 heterocycles. The fraction of sp³-hybridized carbons (Fsp3) is 0.588. The van der Waals surface area contributed by atoms with Crippen molar-refractivity contribution in [2.45, 2.75) is 25.4 Å². The van der Waals surface area contributed by atoms with Crippen LogP contribution in [0.1, 0.15) is 25.4 Å². The van der Waals surface area contributed by atoms with Gasteiger partial charge in [-0.1, -0.05) is 17.3 Å². The minimum Gasteiger partial charge on any atom is -0.395 e. The van der Waals surface area contributed by atoms with E-state index in [1.807, 2.05) is 38.7 Å². The number of amides is 1. The van der Waals surface area contributed by atoms with Crippen molar-refractivity contribution in [2.24, 2.45) is 0 Å². The number of rotatable bonds is 9.